The third-order valence-corrected chi connectivity index (χ3v) is 4.51. The lowest BCUT2D eigenvalue weighted by molar-refractivity contribution is 0.0754. The highest BCUT2D eigenvalue weighted by atomic mass is 16.2. The molecule has 2 aromatic rings. The molecule has 1 aliphatic rings. The van der Waals surface area contributed by atoms with E-state index in [1.54, 1.807) is 12.3 Å². The third-order valence-electron chi connectivity index (χ3n) is 4.51. The van der Waals surface area contributed by atoms with Crippen LogP contribution in [0.5, 0.6) is 0 Å². The maximum atomic E-state index is 12.4. The summed E-state index contributed by atoms with van der Waals surface area (Å²) in [6.45, 7) is 1.59. The summed E-state index contributed by atoms with van der Waals surface area (Å²) in [6.07, 6.45) is 9.36. The van der Waals surface area contributed by atoms with E-state index in [1.165, 1.54) is 0 Å². The standard InChI is InChI=1S/C17H24N6O/c1-22(2)16-12-18-14(11-19-16)10-13-4-3-8-23(9-6-13)17(24)15-5-7-20-21-15/h5,7,11-13H,3-4,6,8-10H2,1-2H3,(H,20,21)/t13-/m0/s1. The van der Waals surface area contributed by atoms with Crippen molar-refractivity contribution in [2.45, 2.75) is 25.7 Å². The van der Waals surface area contributed by atoms with Gasteiger partial charge >= 0.3 is 0 Å². The molecule has 0 radical (unpaired) electrons. The quantitative estimate of drug-likeness (QED) is 0.925. The van der Waals surface area contributed by atoms with Crippen molar-refractivity contribution in [2.24, 2.45) is 5.92 Å². The molecule has 1 atom stereocenters. The van der Waals surface area contributed by atoms with Crippen molar-refractivity contribution in [3.05, 3.63) is 36.0 Å². The van der Waals surface area contributed by atoms with Gasteiger partial charge < -0.3 is 9.80 Å². The van der Waals surface area contributed by atoms with E-state index in [0.29, 0.717) is 11.6 Å². The molecular formula is C17H24N6O. The van der Waals surface area contributed by atoms with Crippen LogP contribution in [-0.4, -0.2) is 58.2 Å². The van der Waals surface area contributed by atoms with Gasteiger partial charge in [-0.2, -0.15) is 5.10 Å². The first-order valence-electron chi connectivity index (χ1n) is 8.40. The van der Waals surface area contributed by atoms with Gasteiger partial charge in [0.2, 0.25) is 0 Å². The van der Waals surface area contributed by atoms with Crippen LogP contribution < -0.4 is 4.90 Å². The van der Waals surface area contributed by atoms with Gasteiger partial charge in [0.05, 0.1) is 18.1 Å². The smallest absolute Gasteiger partial charge is 0.271 e. The summed E-state index contributed by atoms with van der Waals surface area (Å²) in [5, 5.41) is 6.62. The van der Waals surface area contributed by atoms with Gasteiger partial charge in [0.15, 0.2) is 0 Å². The predicted octanol–water partition coefficient (Wildman–Crippen LogP) is 1.75. The number of carbonyl (C=O) groups excluding carboxylic acids is 1. The highest BCUT2D eigenvalue weighted by molar-refractivity contribution is 5.92. The minimum atomic E-state index is 0.0447. The molecule has 2 aromatic heterocycles. The van der Waals surface area contributed by atoms with Crippen LogP contribution in [0.4, 0.5) is 5.82 Å². The van der Waals surface area contributed by atoms with Gasteiger partial charge in [0, 0.05) is 33.4 Å². The molecule has 1 fully saturated rings. The number of amides is 1. The highest BCUT2D eigenvalue weighted by Gasteiger charge is 2.22. The van der Waals surface area contributed by atoms with E-state index in [4.69, 9.17) is 0 Å². The zero-order chi connectivity index (χ0) is 16.9. The van der Waals surface area contributed by atoms with Gasteiger partial charge in [0.25, 0.3) is 5.91 Å². The number of hydrogen-bond acceptors (Lipinski definition) is 5. The molecule has 1 saturated heterocycles. The minimum Gasteiger partial charge on any atom is -0.361 e. The molecular weight excluding hydrogens is 304 g/mol. The fraction of sp³-hybridized carbons (Fsp3) is 0.529. The summed E-state index contributed by atoms with van der Waals surface area (Å²) in [5.74, 6) is 1.46. The fourth-order valence-electron chi connectivity index (χ4n) is 3.10. The molecule has 1 amide bonds. The van der Waals surface area contributed by atoms with Crippen LogP contribution in [0.1, 0.15) is 35.4 Å². The van der Waals surface area contributed by atoms with Crippen molar-refractivity contribution in [1.82, 2.24) is 25.1 Å². The van der Waals surface area contributed by atoms with E-state index in [-0.39, 0.29) is 5.91 Å². The van der Waals surface area contributed by atoms with Crippen molar-refractivity contribution in [1.29, 1.82) is 0 Å². The maximum Gasteiger partial charge on any atom is 0.271 e. The number of nitrogens with zero attached hydrogens (tertiary/aromatic N) is 5. The summed E-state index contributed by atoms with van der Waals surface area (Å²) in [4.78, 5) is 25.2. The predicted molar refractivity (Wildman–Crippen MR) is 91.9 cm³/mol. The van der Waals surface area contributed by atoms with E-state index in [1.807, 2.05) is 36.3 Å². The number of nitrogens with one attached hydrogen (secondary N) is 1. The Kier molecular flexibility index (Phi) is 5.08. The van der Waals surface area contributed by atoms with Gasteiger partial charge in [-0.05, 0) is 37.7 Å². The Morgan fingerprint density at radius 2 is 2.17 bits per heavy atom. The van der Waals surface area contributed by atoms with Crippen molar-refractivity contribution in [3.8, 4) is 0 Å². The van der Waals surface area contributed by atoms with Crippen LogP contribution in [-0.2, 0) is 6.42 Å². The molecule has 0 saturated carbocycles. The summed E-state index contributed by atoms with van der Waals surface area (Å²) in [5.41, 5.74) is 1.59. The van der Waals surface area contributed by atoms with Crippen LogP contribution >= 0.6 is 0 Å². The molecule has 3 heterocycles. The highest BCUT2D eigenvalue weighted by Crippen LogP contribution is 2.22. The van der Waals surface area contributed by atoms with Gasteiger partial charge in [-0.15, -0.1) is 0 Å². The van der Waals surface area contributed by atoms with E-state index in [2.05, 4.69) is 20.2 Å². The zero-order valence-corrected chi connectivity index (χ0v) is 14.3. The molecule has 7 nitrogen and oxygen atoms in total. The van der Waals surface area contributed by atoms with Crippen LogP contribution in [0.25, 0.3) is 0 Å². The molecule has 1 N–H and O–H groups in total. The molecule has 0 aliphatic carbocycles. The van der Waals surface area contributed by atoms with Gasteiger partial charge in [-0.1, -0.05) is 0 Å². The number of hydrogen-bond donors (Lipinski definition) is 1. The molecule has 128 valence electrons. The Hall–Kier alpha value is -2.44. The number of H-pyrrole nitrogens is 1. The van der Waals surface area contributed by atoms with Crippen LogP contribution in [0.15, 0.2) is 24.7 Å². The third kappa shape index (κ3) is 3.90. The first-order chi connectivity index (χ1) is 11.6. The van der Waals surface area contributed by atoms with E-state index in [9.17, 15) is 4.79 Å². The molecule has 0 aromatic carbocycles. The zero-order valence-electron chi connectivity index (χ0n) is 14.3. The topological polar surface area (TPSA) is 78.0 Å². The Labute approximate surface area is 142 Å². The van der Waals surface area contributed by atoms with Crippen molar-refractivity contribution >= 4 is 11.7 Å². The first kappa shape index (κ1) is 16.4. The van der Waals surface area contributed by atoms with Crippen LogP contribution in [0.3, 0.4) is 0 Å². The molecule has 0 spiro atoms. The van der Waals surface area contributed by atoms with Crippen molar-refractivity contribution in [2.75, 3.05) is 32.1 Å². The number of aromatic amines is 1. The normalized spacial score (nSPS) is 18.2. The van der Waals surface area contributed by atoms with Crippen LogP contribution in [0.2, 0.25) is 0 Å². The van der Waals surface area contributed by atoms with E-state index in [0.717, 1.165) is 50.3 Å². The number of aromatic nitrogens is 4. The van der Waals surface area contributed by atoms with E-state index < -0.39 is 0 Å². The van der Waals surface area contributed by atoms with Crippen molar-refractivity contribution in [3.63, 3.8) is 0 Å². The SMILES string of the molecule is CN(C)c1cnc(C[C@H]2CCCN(C(=O)c3ccn[nH]3)CC2)cn1. The lowest BCUT2D eigenvalue weighted by Gasteiger charge is -2.19. The minimum absolute atomic E-state index is 0.0447. The summed E-state index contributed by atoms with van der Waals surface area (Å²) >= 11 is 0. The lowest BCUT2D eigenvalue weighted by atomic mass is 9.95. The van der Waals surface area contributed by atoms with Gasteiger partial charge in [0.1, 0.15) is 11.5 Å². The summed E-state index contributed by atoms with van der Waals surface area (Å²) < 4.78 is 0. The lowest BCUT2D eigenvalue weighted by Crippen LogP contribution is -2.32. The maximum absolute atomic E-state index is 12.4. The number of anilines is 1. The molecule has 7 heteroatoms. The summed E-state index contributed by atoms with van der Waals surface area (Å²) in [7, 11) is 3.92. The van der Waals surface area contributed by atoms with Gasteiger partial charge in [-0.3, -0.25) is 14.9 Å². The Morgan fingerprint density at radius 3 is 2.83 bits per heavy atom. The fourth-order valence-corrected chi connectivity index (χ4v) is 3.10. The Balaban J connectivity index is 1.56. The summed E-state index contributed by atoms with van der Waals surface area (Å²) in [6, 6.07) is 1.73. The Bertz CT molecular complexity index is 652. The Morgan fingerprint density at radius 1 is 1.29 bits per heavy atom. The second kappa shape index (κ2) is 7.42. The largest absolute Gasteiger partial charge is 0.361 e. The molecule has 0 unspecified atom stereocenters. The molecule has 24 heavy (non-hydrogen) atoms. The van der Waals surface area contributed by atoms with Gasteiger partial charge in [-0.25, -0.2) is 4.98 Å². The van der Waals surface area contributed by atoms with Crippen LogP contribution in [0, 0.1) is 5.92 Å². The first-order valence-corrected chi connectivity index (χ1v) is 8.40. The monoisotopic (exact) mass is 328 g/mol. The second-order valence-corrected chi connectivity index (χ2v) is 6.52. The number of likely N-dealkylation sites (tertiary alicyclic amines) is 1. The van der Waals surface area contributed by atoms with Crippen molar-refractivity contribution < 1.29 is 4.79 Å². The molecule has 3 rings (SSSR count). The van der Waals surface area contributed by atoms with E-state index >= 15 is 0 Å². The number of rotatable bonds is 4. The average Bonchev–Trinajstić information content (AvgIpc) is 3.02. The number of carbonyl (C=O) groups is 1. The second-order valence-electron chi connectivity index (χ2n) is 6.52. The molecule has 0 bridgehead atoms. The average molecular weight is 328 g/mol. The molecule has 1 aliphatic heterocycles.